The molecule has 0 spiro atoms. The summed E-state index contributed by atoms with van der Waals surface area (Å²) in [5.74, 6) is 1.34. The largest absolute Gasteiger partial charge is 0.493 e. The average molecular weight is 306 g/mol. The van der Waals surface area contributed by atoms with E-state index in [4.69, 9.17) is 4.74 Å². The summed E-state index contributed by atoms with van der Waals surface area (Å²) in [5, 5.41) is 12.2. The number of nitrogens with zero attached hydrogens (tertiary/aromatic N) is 4. The van der Waals surface area contributed by atoms with E-state index in [1.807, 2.05) is 42.5 Å². The Bertz CT molecular complexity index is 858. The van der Waals surface area contributed by atoms with Crippen molar-refractivity contribution in [3.05, 3.63) is 59.7 Å². The molecule has 0 atom stereocenters. The first-order valence-electron chi connectivity index (χ1n) is 7.42. The van der Waals surface area contributed by atoms with Gasteiger partial charge in [0, 0.05) is 17.5 Å². The molecule has 6 heteroatoms. The summed E-state index contributed by atoms with van der Waals surface area (Å²) < 4.78 is 5.45. The van der Waals surface area contributed by atoms with Gasteiger partial charge in [-0.25, -0.2) is 0 Å². The lowest BCUT2D eigenvalue weighted by molar-refractivity contribution is 0.0961. The zero-order valence-corrected chi connectivity index (χ0v) is 12.3. The molecule has 3 aromatic rings. The van der Waals surface area contributed by atoms with Crippen LogP contribution in [-0.2, 0) is 13.0 Å². The summed E-state index contributed by atoms with van der Waals surface area (Å²) >= 11 is 0. The number of aromatic nitrogens is 4. The molecule has 6 nitrogen and oxygen atoms in total. The maximum absolute atomic E-state index is 12.4. The van der Waals surface area contributed by atoms with Crippen molar-refractivity contribution in [2.45, 2.75) is 13.0 Å². The van der Waals surface area contributed by atoms with E-state index in [2.05, 4.69) is 15.4 Å². The van der Waals surface area contributed by atoms with Crippen LogP contribution in [0.1, 0.15) is 15.9 Å². The van der Waals surface area contributed by atoms with Crippen molar-refractivity contribution in [2.75, 3.05) is 6.61 Å². The molecule has 0 bridgehead atoms. The Balaban J connectivity index is 1.52. The van der Waals surface area contributed by atoms with Crippen LogP contribution < -0.4 is 4.74 Å². The lowest BCUT2D eigenvalue weighted by Crippen LogP contribution is -2.13. The quantitative estimate of drug-likeness (QED) is 0.691. The molecule has 0 saturated heterocycles. The van der Waals surface area contributed by atoms with Gasteiger partial charge in [0.05, 0.1) is 6.61 Å². The summed E-state index contributed by atoms with van der Waals surface area (Å²) in [6.07, 6.45) is 0.843. The highest BCUT2D eigenvalue weighted by Crippen LogP contribution is 2.26. The Hall–Kier alpha value is -3.02. The molecule has 0 amide bonds. The molecule has 1 aliphatic heterocycles. The van der Waals surface area contributed by atoms with Crippen LogP contribution >= 0.6 is 0 Å². The van der Waals surface area contributed by atoms with Gasteiger partial charge >= 0.3 is 0 Å². The number of fused-ring (bicyclic) bond motifs is 1. The van der Waals surface area contributed by atoms with Crippen molar-refractivity contribution in [1.29, 1.82) is 0 Å². The number of carbonyl (C=O) groups excluding carboxylic acids is 1. The standard InChI is InChI=1S/C17H14N4O2/c22-15(13-6-7-16-14(10-13)8-9-23-16)11-21-19-17(18-20-21)12-4-2-1-3-5-12/h1-7,10H,8-9,11H2. The van der Waals surface area contributed by atoms with E-state index in [-0.39, 0.29) is 12.3 Å². The van der Waals surface area contributed by atoms with E-state index in [0.29, 0.717) is 18.0 Å². The third kappa shape index (κ3) is 2.70. The zero-order chi connectivity index (χ0) is 15.6. The van der Waals surface area contributed by atoms with Crippen molar-refractivity contribution < 1.29 is 9.53 Å². The number of benzene rings is 2. The summed E-state index contributed by atoms with van der Waals surface area (Å²) in [7, 11) is 0. The maximum Gasteiger partial charge on any atom is 0.204 e. The highest BCUT2D eigenvalue weighted by atomic mass is 16.5. The Morgan fingerprint density at radius 1 is 1.17 bits per heavy atom. The first-order chi connectivity index (χ1) is 11.3. The van der Waals surface area contributed by atoms with Crippen molar-refractivity contribution in [3.63, 3.8) is 0 Å². The zero-order valence-electron chi connectivity index (χ0n) is 12.3. The van der Waals surface area contributed by atoms with E-state index in [1.54, 1.807) is 6.07 Å². The van der Waals surface area contributed by atoms with Gasteiger partial charge in [-0.15, -0.1) is 10.2 Å². The van der Waals surface area contributed by atoms with E-state index in [9.17, 15) is 4.79 Å². The van der Waals surface area contributed by atoms with Gasteiger partial charge in [0.25, 0.3) is 0 Å². The molecule has 1 aliphatic rings. The van der Waals surface area contributed by atoms with Crippen molar-refractivity contribution in [2.24, 2.45) is 0 Å². The summed E-state index contributed by atoms with van der Waals surface area (Å²) in [6.45, 7) is 0.748. The van der Waals surface area contributed by atoms with Crippen LogP contribution in [0.4, 0.5) is 0 Å². The monoisotopic (exact) mass is 306 g/mol. The van der Waals surface area contributed by atoms with Crippen LogP contribution in [0.5, 0.6) is 5.75 Å². The van der Waals surface area contributed by atoms with Gasteiger partial charge in [0.2, 0.25) is 5.82 Å². The number of carbonyl (C=O) groups is 1. The number of hydrogen-bond acceptors (Lipinski definition) is 5. The smallest absolute Gasteiger partial charge is 0.204 e. The predicted molar refractivity (Wildman–Crippen MR) is 83.2 cm³/mol. The van der Waals surface area contributed by atoms with Gasteiger partial charge < -0.3 is 4.74 Å². The molecule has 1 aromatic heterocycles. The maximum atomic E-state index is 12.4. The molecule has 23 heavy (non-hydrogen) atoms. The molecule has 0 N–H and O–H groups in total. The molecule has 0 fully saturated rings. The number of tetrazole rings is 1. The molecule has 0 saturated carbocycles. The van der Waals surface area contributed by atoms with E-state index in [0.717, 1.165) is 23.3 Å². The number of hydrogen-bond donors (Lipinski definition) is 0. The van der Waals surface area contributed by atoms with Gasteiger partial charge in [-0.3, -0.25) is 4.79 Å². The molecular formula is C17H14N4O2. The van der Waals surface area contributed by atoms with Crippen molar-refractivity contribution >= 4 is 5.78 Å². The Kier molecular flexibility index (Phi) is 3.34. The van der Waals surface area contributed by atoms with E-state index >= 15 is 0 Å². The van der Waals surface area contributed by atoms with Gasteiger partial charge in [-0.05, 0) is 29.0 Å². The van der Waals surface area contributed by atoms with Crippen LogP contribution in [0.15, 0.2) is 48.5 Å². The highest BCUT2D eigenvalue weighted by molar-refractivity contribution is 5.96. The fourth-order valence-corrected chi connectivity index (χ4v) is 2.59. The number of ketones is 1. The number of rotatable bonds is 4. The van der Waals surface area contributed by atoms with E-state index in [1.165, 1.54) is 4.80 Å². The Morgan fingerprint density at radius 2 is 2.04 bits per heavy atom. The molecule has 0 radical (unpaired) electrons. The topological polar surface area (TPSA) is 69.9 Å². The average Bonchev–Trinajstić information content (AvgIpc) is 3.24. The fourth-order valence-electron chi connectivity index (χ4n) is 2.59. The first kappa shape index (κ1) is 13.6. The van der Waals surface area contributed by atoms with Crippen LogP contribution in [-0.4, -0.2) is 32.6 Å². The van der Waals surface area contributed by atoms with Crippen molar-refractivity contribution in [1.82, 2.24) is 20.2 Å². The lowest BCUT2D eigenvalue weighted by Gasteiger charge is -2.03. The lowest BCUT2D eigenvalue weighted by atomic mass is 10.1. The third-order valence-electron chi connectivity index (χ3n) is 3.78. The molecule has 0 unspecified atom stereocenters. The Labute approximate surface area is 132 Å². The summed E-state index contributed by atoms with van der Waals surface area (Å²) in [6, 6.07) is 15.1. The van der Waals surface area contributed by atoms with Crippen LogP contribution in [0.25, 0.3) is 11.4 Å². The number of Topliss-reactive ketones (excluding diaryl/α,β-unsaturated/α-hetero) is 1. The molecule has 0 aliphatic carbocycles. The number of ether oxygens (including phenoxy) is 1. The minimum absolute atomic E-state index is 0.0447. The van der Waals surface area contributed by atoms with Gasteiger partial charge in [-0.2, -0.15) is 4.80 Å². The van der Waals surface area contributed by atoms with Gasteiger partial charge in [0.1, 0.15) is 12.3 Å². The Morgan fingerprint density at radius 3 is 2.91 bits per heavy atom. The fraction of sp³-hybridized carbons (Fsp3) is 0.176. The second-order valence-corrected chi connectivity index (χ2v) is 5.35. The summed E-state index contributed by atoms with van der Waals surface area (Å²) in [4.78, 5) is 13.7. The predicted octanol–water partition coefficient (Wildman–Crippen LogP) is 2.16. The van der Waals surface area contributed by atoms with E-state index < -0.39 is 0 Å². The van der Waals surface area contributed by atoms with Gasteiger partial charge in [0.15, 0.2) is 5.78 Å². The first-order valence-corrected chi connectivity index (χ1v) is 7.42. The molecule has 4 rings (SSSR count). The van der Waals surface area contributed by atoms with Gasteiger partial charge in [-0.1, -0.05) is 30.3 Å². The normalized spacial score (nSPS) is 12.7. The molecule has 114 valence electrons. The van der Waals surface area contributed by atoms with Crippen LogP contribution in [0, 0.1) is 0 Å². The molecular weight excluding hydrogens is 292 g/mol. The SMILES string of the molecule is O=C(Cn1nnc(-c2ccccc2)n1)c1ccc2c(c1)CCO2. The second-order valence-electron chi connectivity index (χ2n) is 5.35. The van der Waals surface area contributed by atoms with Crippen LogP contribution in [0.3, 0.4) is 0 Å². The summed E-state index contributed by atoms with van der Waals surface area (Å²) in [5.41, 5.74) is 2.60. The van der Waals surface area contributed by atoms with Crippen molar-refractivity contribution in [3.8, 4) is 17.1 Å². The van der Waals surface area contributed by atoms with Crippen LogP contribution in [0.2, 0.25) is 0 Å². The molecule has 2 aromatic carbocycles. The molecule has 2 heterocycles. The third-order valence-corrected chi connectivity index (χ3v) is 3.78. The second kappa shape index (κ2) is 5.64. The minimum Gasteiger partial charge on any atom is -0.493 e. The minimum atomic E-state index is -0.0447. The highest BCUT2D eigenvalue weighted by Gasteiger charge is 2.16.